The van der Waals surface area contributed by atoms with Crippen LogP contribution < -0.4 is 10.2 Å². The van der Waals surface area contributed by atoms with Crippen LogP contribution in [0.2, 0.25) is 0 Å². The standard InChI is InChI=1S/C17H12N4O6S/c1-27-14-4-2-10(6-13(14)21(25)26)9-18-19-17(22)16-8-11-7-12(20(23)24)3-5-15(11)28-16/h2-9H,1H3,(H,19,22). The fraction of sp³-hybridized carbons (Fsp3) is 0.0588. The van der Waals surface area contributed by atoms with Gasteiger partial charge in [-0.15, -0.1) is 11.3 Å². The first-order valence-electron chi connectivity index (χ1n) is 7.73. The normalized spacial score (nSPS) is 10.9. The van der Waals surface area contributed by atoms with Crippen molar-refractivity contribution in [3.05, 3.63) is 73.1 Å². The Labute approximate surface area is 161 Å². The number of rotatable bonds is 6. The van der Waals surface area contributed by atoms with Crippen molar-refractivity contribution in [2.75, 3.05) is 7.11 Å². The van der Waals surface area contributed by atoms with Crippen molar-refractivity contribution >= 4 is 44.9 Å². The maximum Gasteiger partial charge on any atom is 0.311 e. The lowest BCUT2D eigenvalue weighted by atomic mass is 10.2. The molecule has 1 N–H and O–H groups in total. The zero-order valence-electron chi connectivity index (χ0n) is 14.3. The van der Waals surface area contributed by atoms with E-state index in [9.17, 15) is 25.0 Å². The number of nitrogens with zero attached hydrogens (tertiary/aromatic N) is 3. The van der Waals surface area contributed by atoms with Crippen molar-refractivity contribution in [3.63, 3.8) is 0 Å². The minimum Gasteiger partial charge on any atom is -0.490 e. The molecule has 1 amide bonds. The van der Waals surface area contributed by atoms with E-state index in [0.717, 1.165) is 4.70 Å². The van der Waals surface area contributed by atoms with Crippen LogP contribution in [-0.2, 0) is 0 Å². The van der Waals surface area contributed by atoms with Gasteiger partial charge in [0, 0.05) is 33.8 Å². The van der Waals surface area contributed by atoms with Gasteiger partial charge in [-0.05, 0) is 24.3 Å². The number of amides is 1. The smallest absolute Gasteiger partial charge is 0.311 e. The van der Waals surface area contributed by atoms with Gasteiger partial charge in [0.2, 0.25) is 0 Å². The minimum atomic E-state index is -0.578. The number of ether oxygens (including phenoxy) is 1. The molecule has 3 rings (SSSR count). The van der Waals surface area contributed by atoms with Gasteiger partial charge in [-0.1, -0.05) is 0 Å². The van der Waals surface area contributed by atoms with Gasteiger partial charge in [0.1, 0.15) is 0 Å². The number of thiophene rings is 1. The van der Waals surface area contributed by atoms with Gasteiger partial charge < -0.3 is 4.74 Å². The second kappa shape index (κ2) is 7.80. The van der Waals surface area contributed by atoms with Crippen LogP contribution in [0.3, 0.4) is 0 Å². The van der Waals surface area contributed by atoms with Crippen LogP contribution in [0.15, 0.2) is 47.6 Å². The number of carbonyl (C=O) groups is 1. The minimum absolute atomic E-state index is 0.0589. The molecular formula is C17H12N4O6S. The number of hydrogen-bond donors (Lipinski definition) is 1. The Balaban J connectivity index is 1.75. The van der Waals surface area contributed by atoms with Gasteiger partial charge in [-0.3, -0.25) is 25.0 Å². The van der Waals surface area contributed by atoms with Crippen LogP contribution in [-0.4, -0.2) is 29.1 Å². The number of benzene rings is 2. The zero-order chi connectivity index (χ0) is 20.3. The van der Waals surface area contributed by atoms with Crippen LogP contribution in [0.4, 0.5) is 11.4 Å². The third-order valence-electron chi connectivity index (χ3n) is 3.71. The number of fused-ring (bicyclic) bond motifs is 1. The number of hydrazone groups is 1. The predicted molar refractivity (Wildman–Crippen MR) is 103 cm³/mol. The molecule has 0 atom stereocenters. The Morgan fingerprint density at radius 3 is 2.61 bits per heavy atom. The van der Waals surface area contributed by atoms with Crippen LogP contribution >= 0.6 is 11.3 Å². The molecule has 0 saturated carbocycles. The van der Waals surface area contributed by atoms with Gasteiger partial charge in [0.05, 0.1) is 28.0 Å². The largest absolute Gasteiger partial charge is 0.490 e. The average Bonchev–Trinajstić information content (AvgIpc) is 3.11. The van der Waals surface area contributed by atoms with E-state index in [1.54, 1.807) is 12.1 Å². The van der Waals surface area contributed by atoms with Gasteiger partial charge in [0.25, 0.3) is 11.6 Å². The first-order chi connectivity index (χ1) is 13.4. The molecule has 0 fully saturated rings. The first-order valence-corrected chi connectivity index (χ1v) is 8.54. The van der Waals surface area contributed by atoms with Gasteiger partial charge in [-0.2, -0.15) is 5.10 Å². The number of hydrogen-bond acceptors (Lipinski definition) is 8. The number of nitro benzene ring substituents is 2. The van der Waals surface area contributed by atoms with Crippen LogP contribution in [0.5, 0.6) is 5.75 Å². The third kappa shape index (κ3) is 3.94. The topological polar surface area (TPSA) is 137 Å². The second-order valence-electron chi connectivity index (χ2n) is 5.48. The first kappa shape index (κ1) is 18.9. The zero-order valence-corrected chi connectivity index (χ0v) is 15.1. The summed E-state index contributed by atoms with van der Waals surface area (Å²) in [6.07, 6.45) is 1.27. The van der Waals surface area contributed by atoms with Crippen molar-refractivity contribution in [2.24, 2.45) is 5.10 Å². The van der Waals surface area contributed by atoms with Gasteiger partial charge >= 0.3 is 5.69 Å². The molecule has 2 aromatic carbocycles. The Kier molecular flexibility index (Phi) is 5.27. The van der Waals surface area contributed by atoms with E-state index in [1.807, 2.05) is 0 Å². The molecule has 0 aliphatic carbocycles. The van der Waals surface area contributed by atoms with Gasteiger partial charge in [0.15, 0.2) is 5.75 Å². The molecule has 28 heavy (non-hydrogen) atoms. The van der Waals surface area contributed by atoms with E-state index >= 15 is 0 Å². The Morgan fingerprint density at radius 2 is 1.93 bits per heavy atom. The molecule has 0 bridgehead atoms. The molecule has 0 unspecified atom stereocenters. The summed E-state index contributed by atoms with van der Waals surface area (Å²) >= 11 is 1.17. The molecule has 0 saturated heterocycles. The van der Waals surface area contributed by atoms with Crippen LogP contribution in [0, 0.1) is 20.2 Å². The Bertz CT molecular complexity index is 1120. The molecule has 0 radical (unpaired) electrons. The maximum atomic E-state index is 12.2. The molecule has 0 aliphatic heterocycles. The molecular weight excluding hydrogens is 388 g/mol. The summed E-state index contributed by atoms with van der Waals surface area (Å²) < 4.78 is 5.64. The summed E-state index contributed by atoms with van der Waals surface area (Å²) in [5.74, 6) is -0.381. The van der Waals surface area contributed by atoms with Gasteiger partial charge in [-0.25, -0.2) is 5.43 Å². The highest BCUT2D eigenvalue weighted by molar-refractivity contribution is 7.20. The SMILES string of the molecule is COc1ccc(C=NNC(=O)c2cc3cc([N+](=O)[O-])ccc3s2)cc1[N+](=O)[O-]. The van der Waals surface area contributed by atoms with E-state index in [1.165, 1.54) is 55.0 Å². The summed E-state index contributed by atoms with van der Waals surface area (Å²) in [6.45, 7) is 0. The molecule has 1 heterocycles. The number of carbonyl (C=O) groups excluding carboxylic acids is 1. The van der Waals surface area contributed by atoms with Crippen molar-refractivity contribution in [1.82, 2.24) is 5.43 Å². The van der Waals surface area contributed by atoms with Crippen LogP contribution in [0.25, 0.3) is 10.1 Å². The van der Waals surface area contributed by atoms with E-state index in [2.05, 4.69) is 10.5 Å². The number of nitro groups is 2. The molecule has 11 heteroatoms. The molecule has 1 aromatic heterocycles. The van der Waals surface area contributed by atoms with Crippen molar-refractivity contribution in [3.8, 4) is 5.75 Å². The van der Waals surface area contributed by atoms with Crippen LogP contribution in [0.1, 0.15) is 15.2 Å². The van der Waals surface area contributed by atoms with Crippen molar-refractivity contribution < 1.29 is 19.4 Å². The molecule has 10 nitrogen and oxygen atoms in total. The molecule has 0 spiro atoms. The molecule has 3 aromatic rings. The van der Waals surface area contributed by atoms with E-state index in [-0.39, 0.29) is 17.1 Å². The second-order valence-corrected chi connectivity index (χ2v) is 6.56. The highest BCUT2D eigenvalue weighted by atomic mass is 32.1. The highest BCUT2D eigenvalue weighted by Gasteiger charge is 2.15. The number of nitrogens with one attached hydrogen (secondary N) is 1. The maximum absolute atomic E-state index is 12.2. The lowest BCUT2D eigenvalue weighted by Crippen LogP contribution is -2.16. The summed E-state index contributed by atoms with van der Waals surface area (Å²) in [6, 6.07) is 10.1. The monoisotopic (exact) mass is 400 g/mol. The summed E-state index contributed by atoms with van der Waals surface area (Å²) in [5.41, 5.74) is 2.45. The van der Waals surface area contributed by atoms with Crippen molar-refractivity contribution in [1.29, 1.82) is 0 Å². The highest BCUT2D eigenvalue weighted by Crippen LogP contribution is 2.29. The lowest BCUT2D eigenvalue weighted by Gasteiger charge is -2.02. The summed E-state index contributed by atoms with van der Waals surface area (Å²) in [4.78, 5) is 33.3. The van der Waals surface area contributed by atoms with E-state index < -0.39 is 15.8 Å². The number of non-ortho nitro benzene ring substituents is 1. The third-order valence-corrected chi connectivity index (χ3v) is 4.83. The lowest BCUT2D eigenvalue weighted by molar-refractivity contribution is -0.385. The number of methoxy groups -OCH3 is 1. The fourth-order valence-electron chi connectivity index (χ4n) is 2.41. The van der Waals surface area contributed by atoms with E-state index in [0.29, 0.717) is 15.8 Å². The van der Waals surface area contributed by atoms with Crippen molar-refractivity contribution in [2.45, 2.75) is 0 Å². The Morgan fingerprint density at radius 1 is 1.14 bits per heavy atom. The van der Waals surface area contributed by atoms with E-state index in [4.69, 9.17) is 4.74 Å². The summed E-state index contributed by atoms with van der Waals surface area (Å²) in [5, 5.41) is 26.2. The fourth-order valence-corrected chi connectivity index (χ4v) is 3.34. The molecule has 142 valence electrons. The average molecular weight is 400 g/mol. The predicted octanol–water partition coefficient (Wildman–Crippen LogP) is 3.49. The Hall–Kier alpha value is -3.86. The molecule has 0 aliphatic rings. The quantitative estimate of drug-likeness (QED) is 0.382. The summed E-state index contributed by atoms with van der Waals surface area (Å²) in [7, 11) is 1.33.